The van der Waals surface area contributed by atoms with Crippen molar-refractivity contribution in [3.05, 3.63) is 41.2 Å². The van der Waals surface area contributed by atoms with Crippen molar-refractivity contribution in [1.82, 2.24) is 4.90 Å². The summed E-state index contributed by atoms with van der Waals surface area (Å²) in [5.41, 5.74) is 0.527. The molecule has 0 fully saturated rings. The smallest absolute Gasteiger partial charge is 0.328 e. The molecule has 1 aromatic carbocycles. The van der Waals surface area contributed by atoms with Gasteiger partial charge in [0.2, 0.25) is 0 Å². The number of aliphatic carboxylic acids is 1. The van der Waals surface area contributed by atoms with Crippen LogP contribution >= 0.6 is 0 Å². The van der Waals surface area contributed by atoms with Crippen LogP contribution in [0.15, 0.2) is 24.3 Å². The largest absolute Gasteiger partial charge is 0.478 e. The number of aliphatic hydroxyl groups is 1. The first kappa shape index (κ1) is 17.3. The van der Waals surface area contributed by atoms with Gasteiger partial charge in [0.05, 0.1) is 5.60 Å². The summed E-state index contributed by atoms with van der Waals surface area (Å²) in [5, 5.41) is 18.6. The van der Waals surface area contributed by atoms with Crippen molar-refractivity contribution in [2.45, 2.75) is 32.9 Å². The van der Waals surface area contributed by atoms with Crippen LogP contribution in [-0.2, 0) is 11.3 Å². The summed E-state index contributed by atoms with van der Waals surface area (Å²) in [7, 11) is 0. The lowest BCUT2D eigenvalue weighted by Crippen LogP contribution is -2.38. The molecule has 1 rings (SSSR count). The second-order valence-electron chi connectivity index (χ2n) is 5.63. The summed E-state index contributed by atoms with van der Waals surface area (Å²) >= 11 is 0. The summed E-state index contributed by atoms with van der Waals surface area (Å²) in [6, 6.07) is 4.31. The fraction of sp³-hybridized carbons (Fsp3) is 0.438. The first-order valence-corrected chi connectivity index (χ1v) is 6.85. The Morgan fingerprint density at radius 1 is 1.43 bits per heavy atom. The van der Waals surface area contributed by atoms with Crippen LogP contribution in [0.3, 0.4) is 0 Å². The van der Waals surface area contributed by atoms with Crippen LogP contribution < -0.4 is 0 Å². The van der Waals surface area contributed by atoms with Crippen molar-refractivity contribution in [2.75, 3.05) is 13.1 Å². The van der Waals surface area contributed by atoms with Crippen LogP contribution in [0.1, 0.15) is 31.9 Å². The zero-order valence-electron chi connectivity index (χ0n) is 12.6. The highest BCUT2D eigenvalue weighted by Crippen LogP contribution is 2.17. The molecule has 0 amide bonds. The van der Waals surface area contributed by atoms with Gasteiger partial charge in [-0.15, -0.1) is 0 Å². The predicted molar refractivity (Wildman–Crippen MR) is 80.3 cm³/mol. The molecule has 2 N–H and O–H groups in total. The number of likely N-dealkylation sites (N-methyl/N-ethyl adjacent to an activating group) is 1. The van der Waals surface area contributed by atoms with Gasteiger partial charge in [-0.05, 0) is 49.7 Å². The minimum atomic E-state index is -1.07. The quantitative estimate of drug-likeness (QED) is 0.759. The Hall–Kier alpha value is -1.72. The lowest BCUT2D eigenvalue weighted by molar-refractivity contribution is -0.131. The Morgan fingerprint density at radius 3 is 2.62 bits per heavy atom. The molecule has 5 heteroatoms. The molecule has 0 radical (unpaired) electrons. The zero-order chi connectivity index (χ0) is 16.0. The van der Waals surface area contributed by atoms with E-state index >= 15 is 0 Å². The molecule has 116 valence electrons. The van der Waals surface area contributed by atoms with Gasteiger partial charge in [-0.25, -0.2) is 9.18 Å². The van der Waals surface area contributed by atoms with E-state index in [-0.39, 0.29) is 0 Å². The third-order valence-electron chi connectivity index (χ3n) is 2.97. The normalized spacial score (nSPS) is 12.3. The van der Waals surface area contributed by atoms with E-state index in [1.54, 1.807) is 19.9 Å². The molecule has 0 atom stereocenters. The first-order chi connectivity index (χ1) is 9.71. The highest BCUT2D eigenvalue weighted by molar-refractivity contribution is 5.85. The number of nitrogens with zero attached hydrogens (tertiary/aromatic N) is 1. The third kappa shape index (κ3) is 6.51. The number of carboxylic acids is 1. The van der Waals surface area contributed by atoms with E-state index in [9.17, 15) is 14.3 Å². The number of hydrogen-bond donors (Lipinski definition) is 2. The van der Waals surface area contributed by atoms with Gasteiger partial charge in [0.1, 0.15) is 5.82 Å². The summed E-state index contributed by atoms with van der Waals surface area (Å²) in [6.45, 7) is 7.14. The SMILES string of the molecule is CCN(Cc1ccc(F)cc1C=CC(=O)O)CC(C)(C)O. The van der Waals surface area contributed by atoms with Gasteiger partial charge in [-0.3, -0.25) is 4.90 Å². The summed E-state index contributed by atoms with van der Waals surface area (Å²) < 4.78 is 13.3. The average Bonchev–Trinajstić information content (AvgIpc) is 2.36. The van der Waals surface area contributed by atoms with E-state index in [4.69, 9.17) is 5.11 Å². The molecule has 0 aliphatic heterocycles. The molecular formula is C16H22FNO3. The number of benzene rings is 1. The molecule has 0 aliphatic rings. The Kier molecular flexibility index (Phi) is 6.05. The number of rotatable bonds is 7. The maximum absolute atomic E-state index is 13.3. The molecule has 0 aliphatic carbocycles. The molecule has 0 heterocycles. The second-order valence-corrected chi connectivity index (χ2v) is 5.63. The van der Waals surface area contributed by atoms with E-state index in [0.29, 0.717) is 18.7 Å². The number of carbonyl (C=O) groups is 1. The van der Waals surface area contributed by atoms with Crippen LogP contribution in [0.4, 0.5) is 4.39 Å². The second kappa shape index (κ2) is 7.33. The van der Waals surface area contributed by atoms with Gasteiger partial charge in [-0.1, -0.05) is 13.0 Å². The Bertz CT molecular complexity index is 521. The van der Waals surface area contributed by atoms with E-state index < -0.39 is 17.4 Å². The maximum Gasteiger partial charge on any atom is 0.328 e. The van der Waals surface area contributed by atoms with Gasteiger partial charge in [-0.2, -0.15) is 0 Å². The minimum Gasteiger partial charge on any atom is -0.478 e. The van der Waals surface area contributed by atoms with Crippen LogP contribution in [0.2, 0.25) is 0 Å². The van der Waals surface area contributed by atoms with Crippen LogP contribution in [0.5, 0.6) is 0 Å². The Morgan fingerprint density at radius 2 is 2.10 bits per heavy atom. The van der Waals surface area contributed by atoms with Gasteiger partial charge in [0, 0.05) is 19.2 Å². The number of carboxylic acid groups (broad SMARTS) is 1. The van der Waals surface area contributed by atoms with Gasteiger partial charge < -0.3 is 10.2 Å². The van der Waals surface area contributed by atoms with Crippen LogP contribution in [0, 0.1) is 5.82 Å². The lowest BCUT2D eigenvalue weighted by atomic mass is 10.0. The van der Waals surface area contributed by atoms with Crippen molar-refractivity contribution in [3.63, 3.8) is 0 Å². The van der Waals surface area contributed by atoms with Crippen molar-refractivity contribution in [1.29, 1.82) is 0 Å². The van der Waals surface area contributed by atoms with E-state index in [1.807, 2.05) is 11.8 Å². The monoisotopic (exact) mass is 295 g/mol. The van der Waals surface area contributed by atoms with E-state index in [2.05, 4.69) is 0 Å². The molecule has 0 saturated heterocycles. The van der Waals surface area contributed by atoms with Crippen molar-refractivity contribution < 1.29 is 19.4 Å². The van der Waals surface area contributed by atoms with Crippen LogP contribution in [-0.4, -0.2) is 39.8 Å². The summed E-state index contributed by atoms with van der Waals surface area (Å²) in [5.74, 6) is -1.48. The third-order valence-corrected chi connectivity index (χ3v) is 2.97. The molecule has 0 saturated carbocycles. The van der Waals surface area contributed by atoms with E-state index in [1.165, 1.54) is 18.2 Å². The predicted octanol–water partition coefficient (Wildman–Crippen LogP) is 2.52. The Labute approximate surface area is 124 Å². The number of hydrogen-bond acceptors (Lipinski definition) is 3. The van der Waals surface area contributed by atoms with E-state index in [0.717, 1.165) is 18.2 Å². The molecule has 0 bridgehead atoms. The highest BCUT2D eigenvalue weighted by Gasteiger charge is 2.18. The topological polar surface area (TPSA) is 60.8 Å². The minimum absolute atomic E-state index is 0.408. The molecule has 1 aromatic rings. The zero-order valence-corrected chi connectivity index (χ0v) is 12.6. The fourth-order valence-electron chi connectivity index (χ4n) is 2.09. The van der Waals surface area contributed by atoms with Crippen molar-refractivity contribution in [3.8, 4) is 0 Å². The molecule has 4 nitrogen and oxygen atoms in total. The van der Waals surface area contributed by atoms with Crippen molar-refractivity contribution in [2.24, 2.45) is 0 Å². The fourth-order valence-corrected chi connectivity index (χ4v) is 2.09. The highest BCUT2D eigenvalue weighted by atomic mass is 19.1. The maximum atomic E-state index is 13.3. The first-order valence-electron chi connectivity index (χ1n) is 6.85. The average molecular weight is 295 g/mol. The van der Waals surface area contributed by atoms with Crippen LogP contribution in [0.25, 0.3) is 6.08 Å². The Balaban J connectivity index is 2.98. The lowest BCUT2D eigenvalue weighted by Gasteiger charge is -2.28. The number of halogens is 1. The molecule has 21 heavy (non-hydrogen) atoms. The van der Waals surface area contributed by atoms with Crippen molar-refractivity contribution >= 4 is 12.0 Å². The molecule has 0 unspecified atom stereocenters. The van der Waals surface area contributed by atoms with Gasteiger partial charge in [0.25, 0.3) is 0 Å². The van der Waals surface area contributed by atoms with Gasteiger partial charge >= 0.3 is 5.97 Å². The molecular weight excluding hydrogens is 273 g/mol. The summed E-state index contributed by atoms with van der Waals surface area (Å²) in [6.07, 6.45) is 2.38. The molecule has 0 spiro atoms. The standard InChI is InChI=1S/C16H22FNO3/c1-4-18(11-16(2,3)21)10-13-5-7-14(17)9-12(13)6-8-15(19)20/h5-9,21H,4,10-11H2,1-3H3,(H,19,20). The molecule has 0 aromatic heterocycles. The van der Waals surface area contributed by atoms with Gasteiger partial charge in [0.15, 0.2) is 0 Å². The summed E-state index contributed by atoms with van der Waals surface area (Å²) in [4.78, 5) is 12.6.